The highest BCUT2D eigenvalue weighted by Gasteiger charge is 2.41. The van der Waals surface area contributed by atoms with Gasteiger partial charge in [-0.1, -0.05) is 26.6 Å². The molecule has 2 heterocycles. The molecule has 2 aliphatic heterocycles. The SMILES string of the molecule is C=PC1OCC(OC(OCCCC)C(COC2OC(C)C(O)C(O)C2C)NC)CO1. The van der Waals surface area contributed by atoms with Crippen LogP contribution in [-0.4, -0.2) is 99.1 Å². The standard InChI is InChI=1S/C20H38NO8P/c1-6-7-8-24-19(29-14-9-26-20(30-5)27-10-14)15(21-4)11-25-18-12(2)16(22)17(23)13(3)28-18/h12-23H,5-11H2,1-4H3. The summed E-state index contributed by atoms with van der Waals surface area (Å²) < 4.78 is 35.0. The third-order valence-corrected chi connectivity index (χ3v) is 5.99. The monoisotopic (exact) mass is 451 g/mol. The minimum Gasteiger partial charge on any atom is -0.390 e. The molecule has 0 bridgehead atoms. The lowest BCUT2D eigenvalue weighted by atomic mass is 9.93. The molecule has 2 aliphatic rings. The number of unbranched alkanes of at least 4 members (excludes halogenated alkanes) is 1. The zero-order chi connectivity index (χ0) is 22.1. The normalized spacial score (nSPS) is 37.2. The lowest BCUT2D eigenvalue weighted by Gasteiger charge is -2.41. The molecule has 0 aromatic carbocycles. The average Bonchev–Trinajstić information content (AvgIpc) is 2.76. The average molecular weight is 451 g/mol. The molecule has 0 amide bonds. The number of nitrogens with one attached hydrogen (secondary N) is 1. The highest BCUT2D eigenvalue weighted by atomic mass is 31.1. The summed E-state index contributed by atoms with van der Waals surface area (Å²) in [7, 11) is 2.60. The van der Waals surface area contributed by atoms with Gasteiger partial charge in [-0.3, -0.25) is 0 Å². The molecule has 2 rings (SSSR count). The molecule has 0 aromatic heterocycles. The van der Waals surface area contributed by atoms with E-state index in [4.69, 9.17) is 28.4 Å². The molecule has 30 heavy (non-hydrogen) atoms. The Morgan fingerprint density at radius 1 is 1.20 bits per heavy atom. The van der Waals surface area contributed by atoms with E-state index in [1.165, 1.54) is 0 Å². The van der Waals surface area contributed by atoms with Crippen molar-refractivity contribution in [1.82, 2.24) is 5.32 Å². The van der Waals surface area contributed by atoms with E-state index in [0.29, 0.717) is 19.8 Å². The Labute approximate surface area is 181 Å². The van der Waals surface area contributed by atoms with E-state index >= 15 is 0 Å². The molecule has 0 aromatic rings. The first-order valence-electron chi connectivity index (χ1n) is 10.7. The Hall–Kier alpha value is -0.190. The van der Waals surface area contributed by atoms with Gasteiger partial charge in [0.25, 0.3) is 0 Å². The van der Waals surface area contributed by atoms with Crippen molar-refractivity contribution in [2.75, 3.05) is 33.5 Å². The molecule has 0 radical (unpaired) electrons. The van der Waals surface area contributed by atoms with Gasteiger partial charge >= 0.3 is 0 Å². The van der Waals surface area contributed by atoms with Gasteiger partial charge < -0.3 is 44.0 Å². The van der Waals surface area contributed by atoms with Gasteiger partial charge in [0.05, 0.1) is 38.1 Å². The van der Waals surface area contributed by atoms with Crippen LogP contribution in [0, 0.1) is 5.92 Å². The number of likely N-dealkylation sites (N-methyl/N-ethyl adjacent to an activating group) is 1. The van der Waals surface area contributed by atoms with Crippen molar-refractivity contribution in [3.8, 4) is 0 Å². The summed E-state index contributed by atoms with van der Waals surface area (Å²) in [4.78, 5) is 0. The van der Waals surface area contributed by atoms with Crippen LogP contribution in [0.3, 0.4) is 0 Å². The van der Waals surface area contributed by atoms with Gasteiger partial charge in [0.1, 0.15) is 12.2 Å². The first-order valence-corrected chi connectivity index (χ1v) is 11.8. The van der Waals surface area contributed by atoms with E-state index in [2.05, 4.69) is 18.5 Å². The van der Waals surface area contributed by atoms with Gasteiger partial charge in [-0.2, -0.15) is 0 Å². The molecule has 2 saturated heterocycles. The van der Waals surface area contributed by atoms with Gasteiger partial charge in [0.15, 0.2) is 18.6 Å². The summed E-state index contributed by atoms with van der Waals surface area (Å²) in [6.07, 6.45) is 1.88. The van der Waals surface area contributed by atoms with Crippen LogP contribution in [0.1, 0.15) is 33.6 Å². The minimum absolute atomic E-state index is 0.242. The second-order valence-corrected chi connectivity index (χ2v) is 8.57. The van der Waals surface area contributed by atoms with Crippen molar-refractivity contribution in [1.29, 1.82) is 0 Å². The molecular weight excluding hydrogens is 413 g/mol. The summed E-state index contributed by atoms with van der Waals surface area (Å²) in [6.45, 7) is 7.22. The molecule has 0 aliphatic carbocycles. The molecule has 10 heteroatoms. The quantitative estimate of drug-likeness (QED) is 0.227. The van der Waals surface area contributed by atoms with Gasteiger partial charge in [-0.15, -0.1) is 0 Å². The number of rotatable bonds is 12. The van der Waals surface area contributed by atoms with Gasteiger partial charge in [0.2, 0.25) is 0 Å². The highest BCUT2D eigenvalue weighted by molar-refractivity contribution is 7.36. The lowest BCUT2D eigenvalue weighted by Crippen LogP contribution is -2.55. The molecule has 7 atom stereocenters. The van der Waals surface area contributed by atoms with E-state index in [0.717, 1.165) is 21.0 Å². The van der Waals surface area contributed by atoms with Gasteiger partial charge in [-0.25, -0.2) is 0 Å². The van der Waals surface area contributed by atoms with Crippen LogP contribution in [0.2, 0.25) is 0 Å². The number of ether oxygens (including phenoxy) is 6. The van der Waals surface area contributed by atoms with E-state index in [9.17, 15) is 10.2 Å². The Morgan fingerprint density at radius 3 is 2.50 bits per heavy atom. The summed E-state index contributed by atoms with van der Waals surface area (Å²) >= 11 is 0. The van der Waals surface area contributed by atoms with Crippen molar-refractivity contribution in [2.24, 2.45) is 5.92 Å². The lowest BCUT2D eigenvalue weighted by molar-refractivity contribution is -0.285. The van der Waals surface area contributed by atoms with Crippen LogP contribution in [0.25, 0.3) is 0 Å². The van der Waals surface area contributed by atoms with Crippen LogP contribution in [-0.2, 0) is 28.4 Å². The number of hydrogen-bond acceptors (Lipinski definition) is 9. The maximum atomic E-state index is 10.2. The Morgan fingerprint density at radius 2 is 1.90 bits per heavy atom. The predicted molar refractivity (Wildman–Crippen MR) is 114 cm³/mol. The van der Waals surface area contributed by atoms with Gasteiger partial charge in [-0.05, 0) is 28.6 Å². The summed E-state index contributed by atoms with van der Waals surface area (Å²) in [5.41, 5.74) is 0. The maximum Gasteiger partial charge on any atom is 0.199 e. The largest absolute Gasteiger partial charge is 0.390 e. The fourth-order valence-corrected chi connectivity index (χ4v) is 3.68. The van der Waals surface area contributed by atoms with Crippen molar-refractivity contribution >= 4 is 14.5 Å². The molecular formula is C20H38NO8P. The fraction of sp³-hybridized carbons (Fsp3) is 0.950. The number of hydrogen-bond donors (Lipinski definition) is 3. The Kier molecular flexibility index (Phi) is 11.6. The van der Waals surface area contributed by atoms with Crippen LogP contribution in [0.15, 0.2) is 0 Å². The molecule has 9 nitrogen and oxygen atoms in total. The van der Waals surface area contributed by atoms with Crippen LogP contribution in [0.4, 0.5) is 0 Å². The van der Waals surface area contributed by atoms with E-state index in [-0.39, 0.29) is 30.7 Å². The van der Waals surface area contributed by atoms with Crippen molar-refractivity contribution in [2.45, 2.75) is 82.7 Å². The first kappa shape index (κ1) is 26.1. The van der Waals surface area contributed by atoms with E-state index in [1.54, 1.807) is 13.8 Å². The van der Waals surface area contributed by atoms with Crippen molar-refractivity contribution in [3.05, 3.63) is 0 Å². The van der Waals surface area contributed by atoms with Crippen molar-refractivity contribution < 1.29 is 38.6 Å². The van der Waals surface area contributed by atoms with Crippen LogP contribution in [0.5, 0.6) is 0 Å². The van der Waals surface area contributed by atoms with Crippen molar-refractivity contribution in [3.63, 3.8) is 0 Å². The van der Waals surface area contributed by atoms with Gasteiger partial charge in [0, 0.05) is 12.5 Å². The number of aliphatic hydroxyl groups excluding tert-OH is 2. The Balaban J connectivity index is 1.93. The van der Waals surface area contributed by atoms with Crippen LogP contribution >= 0.6 is 8.20 Å². The zero-order valence-corrected chi connectivity index (χ0v) is 19.3. The molecule has 176 valence electrons. The molecule has 7 unspecified atom stereocenters. The molecule has 0 spiro atoms. The minimum atomic E-state index is -0.929. The van der Waals surface area contributed by atoms with E-state index in [1.807, 2.05) is 7.05 Å². The molecule has 3 N–H and O–H groups in total. The highest BCUT2D eigenvalue weighted by Crippen LogP contribution is 2.27. The first-order chi connectivity index (χ1) is 14.4. The maximum absolute atomic E-state index is 10.2. The second kappa shape index (κ2) is 13.4. The smallest absolute Gasteiger partial charge is 0.199 e. The third-order valence-electron chi connectivity index (χ3n) is 5.39. The third kappa shape index (κ3) is 7.45. The number of aliphatic hydroxyl groups is 2. The van der Waals surface area contributed by atoms with E-state index < -0.39 is 30.9 Å². The fourth-order valence-electron chi connectivity index (χ4n) is 3.30. The zero-order valence-electron chi connectivity index (χ0n) is 18.4. The van der Waals surface area contributed by atoms with Crippen LogP contribution < -0.4 is 5.32 Å². The Bertz CT molecular complexity index is 493. The summed E-state index contributed by atoms with van der Waals surface area (Å²) in [5, 5.41) is 23.4. The molecule has 2 fully saturated rings. The summed E-state index contributed by atoms with van der Waals surface area (Å²) in [6, 6.07) is -0.595. The second-order valence-electron chi connectivity index (χ2n) is 7.79. The predicted octanol–water partition coefficient (Wildman–Crippen LogP) is 0.930. The summed E-state index contributed by atoms with van der Waals surface area (Å²) in [5.74, 6) is -0.368. The topological polar surface area (TPSA) is 108 Å². The molecule has 0 saturated carbocycles.